The van der Waals surface area contributed by atoms with Crippen molar-refractivity contribution in [1.29, 1.82) is 0 Å². The molecule has 1 aliphatic rings. The lowest BCUT2D eigenvalue weighted by Crippen LogP contribution is -2.45. The summed E-state index contributed by atoms with van der Waals surface area (Å²) in [5, 5.41) is 3.30. The van der Waals surface area contributed by atoms with Gasteiger partial charge in [0.05, 0.1) is 11.6 Å². The summed E-state index contributed by atoms with van der Waals surface area (Å²) in [6.45, 7) is 5.34. The zero-order chi connectivity index (χ0) is 17.2. The molecule has 128 valence electrons. The number of benzene rings is 2. The van der Waals surface area contributed by atoms with E-state index in [1.54, 1.807) is 6.07 Å². The topological polar surface area (TPSA) is 15.3 Å². The molecule has 2 aromatic rings. The monoisotopic (exact) mass is 334 g/mol. The maximum absolute atomic E-state index is 13.1. The average Bonchev–Trinajstić information content (AvgIpc) is 2.57. The van der Waals surface area contributed by atoms with E-state index >= 15 is 0 Å². The molecule has 24 heavy (non-hydrogen) atoms. The number of hydrogen-bond donors (Lipinski definition) is 1. The second kappa shape index (κ2) is 6.95. The quantitative estimate of drug-likeness (QED) is 0.912. The Kier molecular flexibility index (Phi) is 4.92. The molecule has 1 heterocycles. The summed E-state index contributed by atoms with van der Waals surface area (Å²) in [6.07, 6.45) is -4.32. The van der Waals surface area contributed by atoms with Gasteiger partial charge in [-0.25, -0.2) is 0 Å². The van der Waals surface area contributed by atoms with Crippen LogP contribution in [-0.4, -0.2) is 31.1 Å². The summed E-state index contributed by atoms with van der Waals surface area (Å²) in [5.41, 5.74) is 2.27. The van der Waals surface area contributed by atoms with Crippen molar-refractivity contribution >= 4 is 0 Å². The van der Waals surface area contributed by atoms with Crippen LogP contribution in [0.4, 0.5) is 13.2 Å². The van der Waals surface area contributed by atoms with Crippen LogP contribution in [-0.2, 0) is 6.18 Å². The minimum absolute atomic E-state index is 0.157. The normalized spacial score (nSPS) is 17.7. The number of halogens is 3. The summed E-state index contributed by atoms with van der Waals surface area (Å²) in [4.78, 5) is 2.26. The number of alkyl halides is 3. The number of piperazine rings is 1. The van der Waals surface area contributed by atoms with Gasteiger partial charge in [-0.2, -0.15) is 13.2 Å². The van der Waals surface area contributed by atoms with E-state index in [0.29, 0.717) is 5.56 Å². The lowest BCUT2D eigenvalue weighted by Gasteiger charge is -2.36. The Morgan fingerprint density at radius 2 is 1.71 bits per heavy atom. The van der Waals surface area contributed by atoms with Crippen molar-refractivity contribution in [2.75, 3.05) is 26.2 Å². The highest BCUT2D eigenvalue weighted by Crippen LogP contribution is 2.35. The largest absolute Gasteiger partial charge is 0.416 e. The van der Waals surface area contributed by atoms with E-state index in [1.807, 2.05) is 31.2 Å². The molecule has 0 aliphatic carbocycles. The molecule has 2 nitrogen and oxygen atoms in total. The first-order valence-corrected chi connectivity index (χ1v) is 8.14. The van der Waals surface area contributed by atoms with E-state index in [9.17, 15) is 13.2 Å². The van der Waals surface area contributed by atoms with Crippen LogP contribution < -0.4 is 5.32 Å². The third-order valence-electron chi connectivity index (χ3n) is 4.53. The minimum Gasteiger partial charge on any atom is -0.314 e. The van der Waals surface area contributed by atoms with Crippen molar-refractivity contribution in [3.63, 3.8) is 0 Å². The van der Waals surface area contributed by atoms with Gasteiger partial charge in [0, 0.05) is 26.2 Å². The standard InChI is InChI=1S/C19H21F3N2/c1-14-5-2-3-8-17(14)18(24-11-9-23-10-12-24)15-6-4-7-16(13-15)19(20,21)22/h2-8,13,18,23H,9-12H2,1H3. The van der Waals surface area contributed by atoms with Crippen LogP contribution in [0, 0.1) is 6.92 Å². The first kappa shape index (κ1) is 17.0. The number of aryl methyl sites for hydroxylation is 1. The number of nitrogens with zero attached hydrogens (tertiary/aromatic N) is 1. The first-order valence-electron chi connectivity index (χ1n) is 8.14. The minimum atomic E-state index is -4.32. The molecule has 1 saturated heterocycles. The Hall–Kier alpha value is -1.85. The van der Waals surface area contributed by atoms with Crippen LogP contribution in [0.15, 0.2) is 48.5 Å². The predicted molar refractivity (Wildman–Crippen MR) is 88.9 cm³/mol. The zero-order valence-electron chi connectivity index (χ0n) is 13.6. The molecule has 0 saturated carbocycles. The van der Waals surface area contributed by atoms with Crippen LogP contribution in [0.2, 0.25) is 0 Å². The Morgan fingerprint density at radius 3 is 2.38 bits per heavy atom. The average molecular weight is 334 g/mol. The van der Waals surface area contributed by atoms with Crippen LogP contribution in [0.3, 0.4) is 0 Å². The Labute approximate surface area is 140 Å². The summed E-state index contributed by atoms with van der Waals surface area (Å²) >= 11 is 0. The van der Waals surface area contributed by atoms with Gasteiger partial charge in [0.2, 0.25) is 0 Å². The van der Waals surface area contributed by atoms with Gasteiger partial charge in [0.15, 0.2) is 0 Å². The van der Waals surface area contributed by atoms with Gasteiger partial charge in [-0.1, -0.05) is 36.4 Å². The molecule has 0 aromatic heterocycles. The van der Waals surface area contributed by atoms with Crippen LogP contribution in [0.25, 0.3) is 0 Å². The molecule has 2 aromatic carbocycles. The first-order chi connectivity index (χ1) is 11.5. The SMILES string of the molecule is Cc1ccccc1C(c1cccc(C(F)(F)F)c1)N1CCNCC1. The summed E-state index contributed by atoms with van der Waals surface area (Å²) in [7, 11) is 0. The van der Waals surface area contributed by atoms with Crippen LogP contribution in [0.1, 0.15) is 28.3 Å². The van der Waals surface area contributed by atoms with Crippen molar-refractivity contribution < 1.29 is 13.2 Å². The van der Waals surface area contributed by atoms with Gasteiger partial charge in [0.1, 0.15) is 0 Å². The lowest BCUT2D eigenvalue weighted by atomic mass is 9.92. The molecule has 1 atom stereocenters. The maximum Gasteiger partial charge on any atom is 0.416 e. The molecule has 0 amide bonds. The van der Waals surface area contributed by atoms with E-state index in [2.05, 4.69) is 10.2 Å². The Bertz CT molecular complexity index is 691. The van der Waals surface area contributed by atoms with Gasteiger partial charge in [0.25, 0.3) is 0 Å². The summed E-state index contributed by atoms with van der Waals surface area (Å²) in [6, 6.07) is 13.5. The molecule has 1 aliphatic heterocycles. The highest BCUT2D eigenvalue weighted by Gasteiger charge is 2.32. The highest BCUT2D eigenvalue weighted by atomic mass is 19.4. The number of nitrogens with one attached hydrogen (secondary N) is 1. The van der Waals surface area contributed by atoms with E-state index in [1.165, 1.54) is 12.1 Å². The molecule has 1 N–H and O–H groups in total. The molecule has 5 heteroatoms. The van der Waals surface area contributed by atoms with Gasteiger partial charge in [-0.15, -0.1) is 0 Å². The van der Waals surface area contributed by atoms with Gasteiger partial charge < -0.3 is 5.32 Å². The number of rotatable bonds is 3. The fraction of sp³-hybridized carbons (Fsp3) is 0.368. The molecule has 0 radical (unpaired) electrons. The van der Waals surface area contributed by atoms with Crippen LogP contribution >= 0.6 is 0 Å². The van der Waals surface area contributed by atoms with Crippen LogP contribution in [0.5, 0.6) is 0 Å². The molecule has 3 rings (SSSR count). The molecule has 1 fully saturated rings. The van der Waals surface area contributed by atoms with E-state index in [-0.39, 0.29) is 6.04 Å². The van der Waals surface area contributed by atoms with Crippen molar-refractivity contribution in [1.82, 2.24) is 10.2 Å². The lowest BCUT2D eigenvalue weighted by molar-refractivity contribution is -0.137. The summed E-state index contributed by atoms with van der Waals surface area (Å²) < 4.78 is 39.4. The second-order valence-corrected chi connectivity index (χ2v) is 6.17. The van der Waals surface area contributed by atoms with Crippen molar-refractivity contribution in [2.24, 2.45) is 0 Å². The molecular formula is C19H21F3N2. The Balaban J connectivity index is 2.06. The van der Waals surface area contributed by atoms with Crippen molar-refractivity contribution in [3.05, 3.63) is 70.8 Å². The maximum atomic E-state index is 13.1. The highest BCUT2D eigenvalue weighted by molar-refractivity contribution is 5.39. The Morgan fingerprint density at radius 1 is 1.00 bits per heavy atom. The van der Waals surface area contributed by atoms with E-state index in [0.717, 1.165) is 43.4 Å². The molecular weight excluding hydrogens is 313 g/mol. The second-order valence-electron chi connectivity index (χ2n) is 6.17. The van der Waals surface area contributed by atoms with Crippen molar-refractivity contribution in [3.8, 4) is 0 Å². The zero-order valence-corrected chi connectivity index (χ0v) is 13.6. The van der Waals surface area contributed by atoms with Gasteiger partial charge in [-0.3, -0.25) is 4.90 Å². The van der Waals surface area contributed by atoms with E-state index < -0.39 is 11.7 Å². The van der Waals surface area contributed by atoms with Crippen molar-refractivity contribution in [2.45, 2.75) is 19.1 Å². The smallest absolute Gasteiger partial charge is 0.314 e. The molecule has 1 unspecified atom stereocenters. The fourth-order valence-corrected chi connectivity index (χ4v) is 3.31. The molecule has 0 spiro atoms. The van der Waals surface area contributed by atoms with Gasteiger partial charge >= 0.3 is 6.18 Å². The fourth-order valence-electron chi connectivity index (χ4n) is 3.31. The third kappa shape index (κ3) is 3.62. The predicted octanol–water partition coefficient (Wildman–Crippen LogP) is 4.01. The number of hydrogen-bond acceptors (Lipinski definition) is 2. The molecule has 0 bridgehead atoms. The summed E-state index contributed by atoms with van der Waals surface area (Å²) in [5.74, 6) is 0. The van der Waals surface area contributed by atoms with E-state index in [4.69, 9.17) is 0 Å². The third-order valence-corrected chi connectivity index (χ3v) is 4.53. The van der Waals surface area contributed by atoms with Gasteiger partial charge in [-0.05, 0) is 35.7 Å².